The average Bonchev–Trinajstić information content (AvgIpc) is 3.38. The fraction of sp³-hybridized carbons (Fsp3) is 0.143. The van der Waals surface area contributed by atoms with E-state index in [9.17, 15) is 5.26 Å². The maximum atomic E-state index is 9.49. The SMILES string of the molecule is N#C/C(=C\c1ccc(-c2ccccc2)cc1)c1nc(C2CC2)cs1. The van der Waals surface area contributed by atoms with Crippen molar-refractivity contribution < 1.29 is 0 Å². The second kappa shape index (κ2) is 6.43. The van der Waals surface area contributed by atoms with Gasteiger partial charge in [0.15, 0.2) is 0 Å². The van der Waals surface area contributed by atoms with E-state index in [4.69, 9.17) is 0 Å². The van der Waals surface area contributed by atoms with Crippen LogP contribution in [-0.4, -0.2) is 4.98 Å². The summed E-state index contributed by atoms with van der Waals surface area (Å²) in [6.07, 6.45) is 4.38. The minimum absolute atomic E-state index is 0.625. The molecule has 0 aliphatic heterocycles. The van der Waals surface area contributed by atoms with Crippen LogP contribution in [0.4, 0.5) is 0 Å². The molecule has 1 aliphatic carbocycles. The van der Waals surface area contributed by atoms with Crippen molar-refractivity contribution in [3.05, 3.63) is 76.2 Å². The molecule has 0 amide bonds. The third-order valence-corrected chi connectivity index (χ3v) is 5.09. The summed E-state index contributed by atoms with van der Waals surface area (Å²) in [5.41, 5.74) is 5.18. The quantitative estimate of drug-likeness (QED) is 0.572. The highest BCUT2D eigenvalue weighted by Crippen LogP contribution is 2.41. The van der Waals surface area contributed by atoms with E-state index in [0.717, 1.165) is 16.3 Å². The highest BCUT2D eigenvalue weighted by atomic mass is 32.1. The van der Waals surface area contributed by atoms with Crippen LogP contribution in [0.3, 0.4) is 0 Å². The lowest BCUT2D eigenvalue weighted by atomic mass is 10.0. The van der Waals surface area contributed by atoms with Gasteiger partial charge in [-0.3, -0.25) is 0 Å². The lowest BCUT2D eigenvalue weighted by Gasteiger charge is -2.02. The van der Waals surface area contributed by atoms with Gasteiger partial charge in [0.05, 0.1) is 11.3 Å². The molecule has 1 aromatic heterocycles. The Labute approximate surface area is 145 Å². The molecule has 116 valence electrons. The lowest BCUT2D eigenvalue weighted by molar-refractivity contribution is 1.05. The first-order valence-corrected chi connectivity index (χ1v) is 8.94. The average molecular weight is 328 g/mol. The first kappa shape index (κ1) is 14.9. The molecule has 1 saturated carbocycles. The van der Waals surface area contributed by atoms with Crippen molar-refractivity contribution in [2.75, 3.05) is 0 Å². The first-order valence-electron chi connectivity index (χ1n) is 8.06. The molecule has 0 N–H and O–H groups in total. The molecule has 0 spiro atoms. The molecule has 0 bridgehead atoms. The number of aromatic nitrogens is 1. The Morgan fingerprint density at radius 3 is 2.42 bits per heavy atom. The van der Waals surface area contributed by atoms with Crippen molar-refractivity contribution in [2.24, 2.45) is 0 Å². The van der Waals surface area contributed by atoms with Crippen LogP contribution in [0, 0.1) is 11.3 Å². The summed E-state index contributed by atoms with van der Waals surface area (Å²) < 4.78 is 0. The van der Waals surface area contributed by atoms with Crippen LogP contribution in [0.15, 0.2) is 60.0 Å². The highest BCUT2D eigenvalue weighted by molar-refractivity contribution is 7.11. The molecule has 1 aliphatic rings. The summed E-state index contributed by atoms with van der Waals surface area (Å²) in [5, 5.41) is 12.4. The molecule has 0 unspecified atom stereocenters. The molecular weight excluding hydrogens is 312 g/mol. The van der Waals surface area contributed by atoms with Crippen LogP contribution in [0.1, 0.15) is 35.0 Å². The second-order valence-corrected chi connectivity index (χ2v) is 6.87. The second-order valence-electron chi connectivity index (χ2n) is 6.01. The number of benzene rings is 2. The van der Waals surface area contributed by atoms with Crippen molar-refractivity contribution in [3.63, 3.8) is 0 Å². The van der Waals surface area contributed by atoms with Gasteiger partial charge in [-0.25, -0.2) is 4.98 Å². The van der Waals surface area contributed by atoms with Gasteiger partial charge in [-0.2, -0.15) is 5.26 Å². The fourth-order valence-electron chi connectivity index (χ4n) is 2.69. The zero-order valence-corrected chi connectivity index (χ0v) is 14.0. The van der Waals surface area contributed by atoms with Crippen molar-refractivity contribution in [1.82, 2.24) is 4.98 Å². The van der Waals surface area contributed by atoms with E-state index in [2.05, 4.69) is 52.8 Å². The molecule has 0 radical (unpaired) electrons. The third-order valence-electron chi connectivity index (χ3n) is 4.20. The van der Waals surface area contributed by atoms with Gasteiger partial charge < -0.3 is 0 Å². The summed E-state index contributed by atoms with van der Waals surface area (Å²) in [6.45, 7) is 0. The molecule has 3 heteroatoms. The van der Waals surface area contributed by atoms with Crippen LogP contribution in [0.5, 0.6) is 0 Å². The standard InChI is InChI=1S/C21H16N2S/c22-13-19(21-23-20(14-24-21)18-10-11-18)12-15-6-8-17(9-7-15)16-4-2-1-3-5-16/h1-9,12,14,18H,10-11H2/b19-12+. The Morgan fingerprint density at radius 2 is 1.75 bits per heavy atom. The van der Waals surface area contributed by atoms with Crippen molar-refractivity contribution in [3.8, 4) is 17.2 Å². The number of nitrogens with zero attached hydrogens (tertiary/aromatic N) is 2. The number of hydrogen-bond donors (Lipinski definition) is 0. The van der Waals surface area contributed by atoms with Gasteiger partial charge in [-0.05, 0) is 35.6 Å². The third kappa shape index (κ3) is 3.15. The molecule has 1 fully saturated rings. The minimum Gasteiger partial charge on any atom is -0.240 e. The number of allylic oxidation sites excluding steroid dienone is 1. The molecule has 24 heavy (non-hydrogen) atoms. The van der Waals surface area contributed by atoms with Gasteiger partial charge in [0, 0.05) is 11.3 Å². The summed E-state index contributed by atoms with van der Waals surface area (Å²) in [6, 6.07) is 20.9. The number of thiazole rings is 1. The molecule has 0 saturated heterocycles. The van der Waals surface area contributed by atoms with E-state index in [-0.39, 0.29) is 0 Å². The van der Waals surface area contributed by atoms with E-state index in [0.29, 0.717) is 11.5 Å². The maximum Gasteiger partial charge on any atom is 0.134 e. The van der Waals surface area contributed by atoms with E-state index in [1.54, 1.807) is 11.3 Å². The zero-order chi connectivity index (χ0) is 16.4. The summed E-state index contributed by atoms with van der Waals surface area (Å²) in [4.78, 5) is 4.63. The van der Waals surface area contributed by atoms with Crippen molar-refractivity contribution >= 4 is 23.0 Å². The number of hydrogen-bond acceptors (Lipinski definition) is 3. The Morgan fingerprint density at radius 1 is 1.04 bits per heavy atom. The predicted molar refractivity (Wildman–Crippen MR) is 99.5 cm³/mol. The molecule has 3 aromatic rings. The number of nitriles is 1. The first-order chi connectivity index (χ1) is 11.8. The van der Waals surface area contributed by atoms with Crippen LogP contribution in [-0.2, 0) is 0 Å². The van der Waals surface area contributed by atoms with Crippen LogP contribution in [0.25, 0.3) is 22.8 Å². The fourth-order valence-corrected chi connectivity index (χ4v) is 3.55. The molecule has 4 rings (SSSR count). The van der Waals surface area contributed by atoms with E-state index < -0.39 is 0 Å². The molecule has 1 heterocycles. The Bertz CT molecular complexity index is 910. The summed E-state index contributed by atoms with van der Waals surface area (Å²) >= 11 is 1.57. The van der Waals surface area contributed by atoms with Gasteiger partial charge >= 0.3 is 0 Å². The van der Waals surface area contributed by atoms with Crippen molar-refractivity contribution in [1.29, 1.82) is 5.26 Å². The topological polar surface area (TPSA) is 36.7 Å². The van der Waals surface area contributed by atoms with Gasteiger partial charge in [-0.15, -0.1) is 11.3 Å². The van der Waals surface area contributed by atoms with Crippen molar-refractivity contribution in [2.45, 2.75) is 18.8 Å². The summed E-state index contributed by atoms with van der Waals surface area (Å²) in [5.74, 6) is 0.625. The van der Waals surface area contributed by atoms with Crippen LogP contribution >= 0.6 is 11.3 Å². The monoisotopic (exact) mass is 328 g/mol. The predicted octanol–water partition coefficient (Wildman–Crippen LogP) is 5.75. The molecule has 0 atom stereocenters. The van der Waals surface area contributed by atoms with E-state index in [1.165, 1.54) is 24.0 Å². The molecular formula is C21H16N2S. The maximum absolute atomic E-state index is 9.49. The lowest BCUT2D eigenvalue weighted by Crippen LogP contribution is -1.84. The molecule has 2 nitrogen and oxygen atoms in total. The van der Waals surface area contributed by atoms with Gasteiger partial charge in [-0.1, -0.05) is 54.6 Å². The van der Waals surface area contributed by atoms with Gasteiger partial charge in [0.25, 0.3) is 0 Å². The Hall–Kier alpha value is -2.70. The highest BCUT2D eigenvalue weighted by Gasteiger charge is 2.26. The molecule has 2 aromatic carbocycles. The largest absolute Gasteiger partial charge is 0.240 e. The normalized spacial score (nSPS) is 14.4. The Balaban J connectivity index is 1.59. The van der Waals surface area contributed by atoms with E-state index >= 15 is 0 Å². The minimum atomic E-state index is 0.625. The van der Waals surface area contributed by atoms with Gasteiger partial charge in [0.2, 0.25) is 0 Å². The summed E-state index contributed by atoms with van der Waals surface area (Å²) in [7, 11) is 0. The zero-order valence-electron chi connectivity index (χ0n) is 13.1. The smallest absolute Gasteiger partial charge is 0.134 e. The Kier molecular flexibility index (Phi) is 3.98. The van der Waals surface area contributed by atoms with Gasteiger partial charge in [0.1, 0.15) is 11.1 Å². The van der Waals surface area contributed by atoms with Crippen LogP contribution in [0.2, 0.25) is 0 Å². The van der Waals surface area contributed by atoms with Crippen LogP contribution < -0.4 is 0 Å². The van der Waals surface area contributed by atoms with E-state index in [1.807, 2.05) is 24.3 Å². The number of rotatable bonds is 4.